The number of hydrogen-bond acceptors (Lipinski definition) is 3. The number of benzene rings is 1. The standard InChI is InChI=1S/C11H13F2N3O/c12-7-1-2-8(13)10(14)9(7)11(17)16-5-3-15-4-6-16/h1-2,15H,3-6,14H2. The van der Waals surface area contributed by atoms with Crippen molar-refractivity contribution in [2.75, 3.05) is 31.9 Å². The molecule has 0 aromatic heterocycles. The lowest BCUT2D eigenvalue weighted by atomic mass is 10.1. The molecule has 0 saturated carbocycles. The molecule has 6 heteroatoms. The molecular weight excluding hydrogens is 228 g/mol. The van der Waals surface area contributed by atoms with Crippen molar-refractivity contribution in [3.63, 3.8) is 0 Å². The zero-order valence-electron chi connectivity index (χ0n) is 9.17. The first-order valence-electron chi connectivity index (χ1n) is 5.34. The summed E-state index contributed by atoms with van der Waals surface area (Å²) in [5, 5.41) is 3.07. The average molecular weight is 241 g/mol. The number of nitrogens with zero attached hydrogens (tertiary/aromatic N) is 1. The Hall–Kier alpha value is -1.69. The first kappa shape index (κ1) is 11.8. The number of piperazine rings is 1. The highest BCUT2D eigenvalue weighted by atomic mass is 19.1. The summed E-state index contributed by atoms with van der Waals surface area (Å²) in [5.74, 6) is -2.11. The van der Waals surface area contributed by atoms with Crippen molar-refractivity contribution in [3.8, 4) is 0 Å². The second-order valence-electron chi connectivity index (χ2n) is 3.86. The number of nitrogens with two attached hydrogens (primary N) is 1. The molecular formula is C11H13F2N3O. The number of nitrogens with one attached hydrogen (secondary N) is 1. The zero-order valence-corrected chi connectivity index (χ0v) is 9.17. The third kappa shape index (κ3) is 2.21. The van der Waals surface area contributed by atoms with E-state index in [-0.39, 0.29) is 5.56 Å². The van der Waals surface area contributed by atoms with E-state index < -0.39 is 23.2 Å². The highest BCUT2D eigenvalue weighted by molar-refractivity contribution is 5.99. The van der Waals surface area contributed by atoms with Crippen LogP contribution in [-0.2, 0) is 0 Å². The van der Waals surface area contributed by atoms with Crippen LogP contribution in [0.25, 0.3) is 0 Å². The lowest BCUT2D eigenvalue weighted by Gasteiger charge is -2.28. The quantitative estimate of drug-likeness (QED) is 0.708. The Bertz CT molecular complexity index is 445. The van der Waals surface area contributed by atoms with Crippen molar-refractivity contribution in [1.82, 2.24) is 10.2 Å². The molecule has 0 radical (unpaired) electrons. The number of carbonyl (C=O) groups excluding carboxylic acids is 1. The van der Waals surface area contributed by atoms with Gasteiger partial charge in [-0.15, -0.1) is 0 Å². The first-order chi connectivity index (χ1) is 8.11. The summed E-state index contributed by atoms with van der Waals surface area (Å²) in [4.78, 5) is 13.5. The molecule has 3 N–H and O–H groups in total. The first-order valence-corrected chi connectivity index (χ1v) is 5.34. The SMILES string of the molecule is Nc1c(F)ccc(F)c1C(=O)N1CCNCC1. The van der Waals surface area contributed by atoms with Crippen molar-refractivity contribution in [3.05, 3.63) is 29.3 Å². The fraction of sp³-hybridized carbons (Fsp3) is 0.364. The van der Waals surface area contributed by atoms with Crippen LogP contribution in [0.5, 0.6) is 0 Å². The number of anilines is 1. The highest BCUT2D eigenvalue weighted by Crippen LogP contribution is 2.21. The maximum atomic E-state index is 13.5. The topological polar surface area (TPSA) is 58.4 Å². The molecule has 92 valence electrons. The minimum Gasteiger partial charge on any atom is -0.396 e. The van der Waals surface area contributed by atoms with Gasteiger partial charge in [-0.1, -0.05) is 0 Å². The molecule has 1 saturated heterocycles. The number of halogens is 2. The van der Waals surface area contributed by atoms with Crippen LogP contribution in [0, 0.1) is 11.6 Å². The molecule has 1 aliphatic rings. The molecule has 1 heterocycles. The lowest BCUT2D eigenvalue weighted by Crippen LogP contribution is -2.46. The molecule has 1 fully saturated rings. The van der Waals surface area contributed by atoms with Crippen LogP contribution < -0.4 is 11.1 Å². The minimum absolute atomic E-state index is 0.369. The van der Waals surface area contributed by atoms with Gasteiger partial charge in [0, 0.05) is 26.2 Å². The summed E-state index contributed by atoms with van der Waals surface area (Å²) in [6.07, 6.45) is 0. The largest absolute Gasteiger partial charge is 0.396 e. The van der Waals surface area contributed by atoms with Gasteiger partial charge >= 0.3 is 0 Å². The smallest absolute Gasteiger partial charge is 0.259 e. The summed E-state index contributed by atoms with van der Waals surface area (Å²) in [6, 6.07) is 1.83. The summed E-state index contributed by atoms with van der Waals surface area (Å²) in [5.41, 5.74) is 4.62. The normalized spacial score (nSPS) is 16.0. The van der Waals surface area contributed by atoms with Crippen LogP contribution in [0.2, 0.25) is 0 Å². The predicted molar refractivity (Wildman–Crippen MR) is 59.5 cm³/mol. The van der Waals surface area contributed by atoms with Gasteiger partial charge in [0.2, 0.25) is 0 Å². The summed E-state index contributed by atoms with van der Waals surface area (Å²) in [6.45, 7) is 2.22. The number of carbonyl (C=O) groups is 1. The average Bonchev–Trinajstić information content (AvgIpc) is 2.35. The Morgan fingerprint density at radius 1 is 1.24 bits per heavy atom. The van der Waals surface area contributed by atoms with Gasteiger partial charge in [-0.2, -0.15) is 0 Å². The molecule has 1 aliphatic heterocycles. The third-order valence-corrected chi connectivity index (χ3v) is 2.76. The molecule has 0 spiro atoms. The zero-order chi connectivity index (χ0) is 12.4. The van der Waals surface area contributed by atoms with Crippen molar-refractivity contribution < 1.29 is 13.6 Å². The van der Waals surface area contributed by atoms with Gasteiger partial charge in [0.15, 0.2) is 0 Å². The van der Waals surface area contributed by atoms with Gasteiger partial charge in [0.05, 0.1) is 5.69 Å². The molecule has 1 aromatic carbocycles. The van der Waals surface area contributed by atoms with E-state index in [0.29, 0.717) is 26.2 Å². The Balaban J connectivity index is 2.32. The molecule has 0 bridgehead atoms. The Labute approximate surface area is 97.4 Å². The molecule has 1 aromatic rings. The Morgan fingerprint density at radius 2 is 1.82 bits per heavy atom. The van der Waals surface area contributed by atoms with E-state index in [1.165, 1.54) is 4.90 Å². The maximum absolute atomic E-state index is 13.5. The van der Waals surface area contributed by atoms with E-state index >= 15 is 0 Å². The van der Waals surface area contributed by atoms with E-state index in [1.807, 2.05) is 0 Å². The monoisotopic (exact) mass is 241 g/mol. The fourth-order valence-corrected chi connectivity index (χ4v) is 1.81. The lowest BCUT2D eigenvalue weighted by molar-refractivity contribution is 0.0732. The van der Waals surface area contributed by atoms with Gasteiger partial charge in [-0.3, -0.25) is 4.79 Å². The number of nitrogen functional groups attached to an aromatic ring is 1. The van der Waals surface area contributed by atoms with Crippen molar-refractivity contribution >= 4 is 11.6 Å². The van der Waals surface area contributed by atoms with Gasteiger partial charge in [0.1, 0.15) is 17.2 Å². The molecule has 4 nitrogen and oxygen atoms in total. The molecule has 0 unspecified atom stereocenters. The van der Waals surface area contributed by atoms with E-state index in [0.717, 1.165) is 12.1 Å². The van der Waals surface area contributed by atoms with Crippen LogP contribution in [0.15, 0.2) is 12.1 Å². The van der Waals surface area contributed by atoms with E-state index in [4.69, 9.17) is 5.73 Å². The fourth-order valence-electron chi connectivity index (χ4n) is 1.81. The molecule has 1 amide bonds. The van der Waals surface area contributed by atoms with Gasteiger partial charge in [0.25, 0.3) is 5.91 Å². The van der Waals surface area contributed by atoms with Crippen LogP contribution in [-0.4, -0.2) is 37.0 Å². The predicted octanol–water partition coefficient (Wildman–Crippen LogP) is 0.592. The molecule has 0 atom stereocenters. The summed E-state index contributed by atoms with van der Waals surface area (Å²) < 4.78 is 26.7. The summed E-state index contributed by atoms with van der Waals surface area (Å²) in [7, 11) is 0. The second kappa shape index (κ2) is 4.67. The molecule has 0 aliphatic carbocycles. The highest BCUT2D eigenvalue weighted by Gasteiger charge is 2.24. The number of amides is 1. The van der Waals surface area contributed by atoms with Gasteiger partial charge in [-0.25, -0.2) is 8.78 Å². The van der Waals surface area contributed by atoms with Gasteiger partial charge < -0.3 is 16.0 Å². The van der Waals surface area contributed by atoms with Crippen LogP contribution in [0.3, 0.4) is 0 Å². The second-order valence-corrected chi connectivity index (χ2v) is 3.86. The van der Waals surface area contributed by atoms with Crippen molar-refractivity contribution in [1.29, 1.82) is 0 Å². The van der Waals surface area contributed by atoms with Crippen LogP contribution in [0.1, 0.15) is 10.4 Å². The maximum Gasteiger partial charge on any atom is 0.259 e. The van der Waals surface area contributed by atoms with Crippen molar-refractivity contribution in [2.45, 2.75) is 0 Å². The Kier molecular flexibility index (Phi) is 3.23. The van der Waals surface area contributed by atoms with Gasteiger partial charge in [-0.05, 0) is 12.1 Å². The van der Waals surface area contributed by atoms with Crippen LogP contribution in [0.4, 0.5) is 14.5 Å². The molecule has 17 heavy (non-hydrogen) atoms. The van der Waals surface area contributed by atoms with Crippen molar-refractivity contribution in [2.24, 2.45) is 0 Å². The number of rotatable bonds is 1. The molecule has 2 rings (SSSR count). The number of hydrogen-bond donors (Lipinski definition) is 2. The summed E-state index contributed by atoms with van der Waals surface area (Å²) >= 11 is 0. The van der Waals surface area contributed by atoms with E-state index in [2.05, 4.69) is 5.32 Å². The third-order valence-electron chi connectivity index (χ3n) is 2.76. The van der Waals surface area contributed by atoms with Crippen LogP contribution >= 0.6 is 0 Å². The van der Waals surface area contributed by atoms with E-state index in [1.54, 1.807) is 0 Å². The van der Waals surface area contributed by atoms with E-state index in [9.17, 15) is 13.6 Å². The Morgan fingerprint density at radius 3 is 2.47 bits per heavy atom. The minimum atomic E-state index is -0.785.